The Morgan fingerprint density at radius 1 is 1.27 bits per heavy atom. The Labute approximate surface area is 128 Å². The van der Waals surface area contributed by atoms with Gasteiger partial charge in [-0.2, -0.15) is 0 Å². The fourth-order valence-electron chi connectivity index (χ4n) is 1.75. The molecule has 0 aliphatic rings. The second-order valence-electron chi connectivity index (χ2n) is 4.12. The van der Waals surface area contributed by atoms with Gasteiger partial charge >= 0.3 is 11.9 Å². The summed E-state index contributed by atoms with van der Waals surface area (Å²) in [6.07, 6.45) is 0.962. The molecule has 7 nitrogen and oxygen atoms in total. The van der Waals surface area contributed by atoms with E-state index in [-0.39, 0.29) is 18.8 Å². The van der Waals surface area contributed by atoms with Crippen LogP contribution in [0.5, 0.6) is 11.5 Å². The largest absolute Gasteiger partial charge is 0.497 e. The number of methoxy groups -OCH3 is 2. The fourth-order valence-corrected chi connectivity index (χ4v) is 1.75. The highest BCUT2D eigenvalue weighted by Gasteiger charge is 2.13. The monoisotopic (exact) mass is 309 g/mol. The van der Waals surface area contributed by atoms with E-state index in [1.165, 1.54) is 14.2 Å². The summed E-state index contributed by atoms with van der Waals surface area (Å²) in [6, 6.07) is 4.93. The minimum Gasteiger partial charge on any atom is -0.497 e. The average molecular weight is 309 g/mol. The molecule has 0 aliphatic heterocycles. The maximum absolute atomic E-state index is 11.4. The van der Waals surface area contributed by atoms with Crippen LogP contribution in [-0.4, -0.2) is 44.4 Å². The van der Waals surface area contributed by atoms with Crippen LogP contribution < -0.4 is 14.8 Å². The van der Waals surface area contributed by atoms with Gasteiger partial charge in [-0.1, -0.05) is 0 Å². The molecule has 0 fully saturated rings. The van der Waals surface area contributed by atoms with Crippen LogP contribution in [0.25, 0.3) is 5.70 Å². The van der Waals surface area contributed by atoms with Crippen LogP contribution in [0.15, 0.2) is 24.3 Å². The van der Waals surface area contributed by atoms with E-state index >= 15 is 0 Å². The summed E-state index contributed by atoms with van der Waals surface area (Å²) in [6.45, 7) is 1.80. The van der Waals surface area contributed by atoms with E-state index in [9.17, 15) is 9.59 Å². The molecule has 0 aromatic heterocycles. The third kappa shape index (κ3) is 5.01. The van der Waals surface area contributed by atoms with Gasteiger partial charge < -0.3 is 24.6 Å². The van der Waals surface area contributed by atoms with E-state index in [1.54, 1.807) is 25.1 Å². The minimum atomic E-state index is -1.15. The van der Waals surface area contributed by atoms with Crippen molar-refractivity contribution in [1.29, 1.82) is 0 Å². The van der Waals surface area contributed by atoms with Crippen LogP contribution >= 0.6 is 0 Å². The van der Waals surface area contributed by atoms with Crippen molar-refractivity contribution < 1.29 is 28.9 Å². The van der Waals surface area contributed by atoms with Crippen molar-refractivity contribution >= 4 is 17.6 Å². The molecule has 0 bridgehead atoms. The van der Waals surface area contributed by atoms with Crippen molar-refractivity contribution in [3.63, 3.8) is 0 Å². The number of esters is 1. The van der Waals surface area contributed by atoms with Crippen molar-refractivity contribution in [3.05, 3.63) is 29.8 Å². The number of hydrogen-bond donors (Lipinski definition) is 2. The standard InChI is InChI=1S/C15H19NO6/c1-4-22-15(19)9-16-12(8-14(17)18)11-6-5-10(20-2)7-13(11)21-3/h5-8,16H,4,9H2,1-3H3,(H,17,18)/b12-8-. The Kier molecular flexibility index (Phi) is 6.75. The van der Waals surface area contributed by atoms with Crippen LogP contribution in [0.4, 0.5) is 0 Å². The molecule has 1 rings (SSSR count). The molecule has 2 N–H and O–H groups in total. The number of rotatable bonds is 8. The van der Waals surface area contributed by atoms with Gasteiger partial charge in [-0.3, -0.25) is 4.79 Å². The molecule has 0 saturated heterocycles. The lowest BCUT2D eigenvalue weighted by Crippen LogP contribution is -2.24. The van der Waals surface area contributed by atoms with Crippen molar-refractivity contribution in [2.24, 2.45) is 0 Å². The summed E-state index contributed by atoms with van der Waals surface area (Å²) in [4.78, 5) is 22.4. The molecular weight excluding hydrogens is 290 g/mol. The van der Waals surface area contributed by atoms with E-state index < -0.39 is 11.9 Å². The SMILES string of the molecule is CCOC(=O)CN/C(=C\C(=O)O)c1ccc(OC)cc1OC. The average Bonchev–Trinajstić information content (AvgIpc) is 2.50. The molecule has 0 heterocycles. The lowest BCUT2D eigenvalue weighted by molar-refractivity contribution is -0.141. The topological polar surface area (TPSA) is 94.1 Å². The number of aliphatic carboxylic acids is 1. The summed E-state index contributed by atoms with van der Waals surface area (Å²) in [5, 5.41) is 11.7. The van der Waals surface area contributed by atoms with Gasteiger partial charge in [0.1, 0.15) is 18.0 Å². The molecule has 0 atom stereocenters. The number of nitrogens with one attached hydrogen (secondary N) is 1. The maximum atomic E-state index is 11.4. The van der Waals surface area contributed by atoms with E-state index in [0.29, 0.717) is 17.1 Å². The van der Waals surface area contributed by atoms with E-state index in [1.807, 2.05) is 0 Å². The second kappa shape index (κ2) is 8.56. The Morgan fingerprint density at radius 2 is 2.00 bits per heavy atom. The normalized spacial score (nSPS) is 10.8. The summed E-state index contributed by atoms with van der Waals surface area (Å²) in [7, 11) is 2.98. The molecule has 7 heteroatoms. The quantitative estimate of drug-likeness (QED) is 0.552. The molecule has 1 aromatic carbocycles. The molecule has 0 radical (unpaired) electrons. The fraction of sp³-hybridized carbons (Fsp3) is 0.333. The van der Waals surface area contributed by atoms with Crippen LogP contribution in [0, 0.1) is 0 Å². The Morgan fingerprint density at radius 3 is 2.55 bits per heavy atom. The Balaban J connectivity index is 3.07. The third-order valence-electron chi connectivity index (χ3n) is 2.70. The summed E-state index contributed by atoms with van der Waals surface area (Å²) < 4.78 is 15.1. The van der Waals surface area contributed by atoms with Gasteiger partial charge in [-0.25, -0.2) is 4.79 Å². The first-order valence-corrected chi connectivity index (χ1v) is 6.58. The number of carboxylic acid groups (broad SMARTS) is 1. The number of carbonyl (C=O) groups excluding carboxylic acids is 1. The predicted octanol–water partition coefficient (Wildman–Crippen LogP) is 1.28. The van der Waals surface area contributed by atoms with E-state index in [2.05, 4.69) is 5.32 Å². The molecule has 0 amide bonds. The van der Waals surface area contributed by atoms with Crippen LogP contribution in [0.2, 0.25) is 0 Å². The second-order valence-corrected chi connectivity index (χ2v) is 4.12. The van der Waals surface area contributed by atoms with Crippen LogP contribution in [0.3, 0.4) is 0 Å². The zero-order chi connectivity index (χ0) is 16.5. The number of carbonyl (C=O) groups is 2. The molecule has 1 aromatic rings. The molecule has 120 valence electrons. The van der Waals surface area contributed by atoms with Crippen LogP contribution in [0.1, 0.15) is 12.5 Å². The van der Waals surface area contributed by atoms with Gasteiger partial charge in [0.2, 0.25) is 0 Å². The Hall–Kier alpha value is -2.70. The molecule has 22 heavy (non-hydrogen) atoms. The first kappa shape index (κ1) is 17.4. The van der Waals surface area contributed by atoms with Gasteiger partial charge in [-0.15, -0.1) is 0 Å². The highest BCUT2D eigenvalue weighted by molar-refractivity contribution is 5.91. The minimum absolute atomic E-state index is 0.151. The summed E-state index contributed by atoms with van der Waals surface area (Å²) >= 11 is 0. The van der Waals surface area contributed by atoms with Crippen molar-refractivity contribution in [2.75, 3.05) is 27.4 Å². The molecular formula is C15H19NO6. The maximum Gasteiger partial charge on any atom is 0.330 e. The van der Waals surface area contributed by atoms with Crippen molar-refractivity contribution in [1.82, 2.24) is 5.32 Å². The highest BCUT2D eigenvalue weighted by Crippen LogP contribution is 2.29. The lowest BCUT2D eigenvalue weighted by atomic mass is 10.1. The number of benzene rings is 1. The van der Waals surface area contributed by atoms with Gasteiger partial charge in [0.15, 0.2) is 0 Å². The van der Waals surface area contributed by atoms with E-state index in [4.69, 9.17) is 19.3 Å². The van der Waals surface area contributed by atoms with Gasteiger partial charge in [0.05, 0.1) is 26.5 Å². The number of hydrogen-bond acceptors (Lipinski definition) is 6. The van der Waals surface area contributed by atoms with Crippen molar-refractivity contribution in [3.8, 4) is 11.5 Å². The van der Waals surface area contributed by atoms with E-state index in [0.717, 1.165) is 6.08 Å². The highest BCUT2D eigenvalue weighted by atomic mass is 16.5. The summed E-state index contributed by atoms with van der Waals surface area (Å²) in [5.41, 5.74) is 0.732. The Bertz CT molecular complexity index is 567. The third-order valence-corrected chi connectivity index (χ3v) is 2.70. The zero-order valence-corrected chi connectivity index (χ0v) is 12.7. The zero-order valence-electron chi connectivity index (χ0n) is 12.7. The number of carboxylic acids is 1. The van der Waals surface area contributed by atoms with Crippen molar-refractivity contribution in [2.45, 2.75) is 6.92 Å². The van der Waals surface area contributed by atoms with Gasteiger partial charge in [0, 0.05) is 17.7 Å². The molecule has 0 saturated carbocycles. The lowest BCUT2D eigenvalue weighted by Gasteiger charge is -2.14. The molecule has 0 spiro atoms. The first-order valence-electron chi connectivity index (χ1n) is 6.58. The number of ether oxygens (including phenoxy) is 3. The van der Waals surface area contributed by atoms with Gasteiger partial charge in [-0.05, 0) is 19.1 Å². The molecule has 0 aliphatic carbocycles. The summed E-state index contributed by atoms with van der Waals surface area (Å²) in [5.74, 6) is -0.639. The van der Waals surface area contributed by atoms with Crippen LogP contribution in [-0.2, 0) is 14.3 Å². The first-order chi connectivity index (χ1) is 10.5. The smallest absolute Gasteiger partial charge is 0.330 e. The molecule has 0 unspecified atom stereocenters. The van der Waals surface area contributed by atoms with Gasteiger partial charge in [0.25, 0.3) is 0 Å². The predicted molar refractivity (Wildman–Crippen MR) is 79.8 cm³/mol.